The Hall–Kier alpha value is -2.53. The molecule has 1 fully saturated rings. The molecule has 0 unspecified atom stereocenters. The van der Waals surface area contributed by atoms with Crippen molar-refractivity contribution in [2.24, 2.45) is 0 Å². The van der Waals surface area contributed by atoms with Crippen molar-refractivity contribution in [3.8, 4) is 11.5 Å². The third-order valence-corrected chi connectivity index (χ3v) is 5.90. The molecule has 0 aliphatic carbocycles. The van der Waals surface area contributed by atoms with Crippen molar-refractivity contribution in [3.05, 3.63) is 54.4 Å². The fourth-order valence-electron chi connectivity index (χ4n) is 4.28. The Bertz CT molecular complexity index is 929. The molecule has 160 valence electrons. The molecule has 1 saturated heterocycles. The highest BCUT2D eigenvalue weighted by atomic mass is 16.5. The number of para-hydroxylation sites is 4. The van der Waals surface area contributed by atoms with Crippen LogP contribution < -0.4 is 9.47 Å². The predicted molar refractivity (Wildman–Crippen MR) is 121 cm³/mol. The zero-order chi connectivity index (χ0) is 20.6. The van der Waals surface area contributed by atoms with Gasteiger partial charge >= 0.3 is 0 Å². The van der Waals surface area contributed by atoms with Crippen LogP contribution in [0.1, 0.15) is 44.3 Å². The van der Waals surface area contributed by atoms with Crippen LogP contribution in [0.3, 0.4) is 0 Å². The van der Waals surface area contributed by atoms with Gasteiger partial charge in [-0.05, 0) is 63.0 Å². The van der Waals surface area contributed by atoms with Gasteiger partial charge in [-0.3, -0.25) is 4.90 Å². The molecule has 5 heteroatoms. The molecule has 0 radical (unpaired) electrons. The number of ether oxygens (including phenoxy) is 2. The first kappa shape index (κ1) is 20.7. The average molecular weight is 408 g/mol. The van der Waals surface area contributed by atoms with Gasteiger partial charge in [0.25, 0.3) is 0 Å². The Kier molecular flexibility index (Phi) is 7.25. The number of methoxy groups -OCH3 is 1. The van der Waals surface area contributed by atoms with Gasteiger partial charge in [0.15, 0.2) is 11.5 Å². The van der Waals surface area contributed by atoms with Crippen LogP contribution in [0.25, 0.3) is 11.0 Å². The van der Waals surface area contributed by atoms with Crippen LogP contribution in [0, 0.1) is 0 Å². The standard InChI is InChI=1S/C25H33N3O2/c1-29-23-14-6-7-15-24(23)30-19-11-10-18-28-22-13-5-4-12-21(22)26-25(28)20-27-16-8-2-3-9-17-27/h4-7,12-15H,2-3,8-11,16-20H2,1H3. The molecular formula is C25H33N3O2. The fraction of sp³-hybridized carbons (Fsp3) is 0.480. The van der Waals surface area contributed by atoms with Gasteiger partial charge in [-0.15, -0.1) is 0 Å². The van der Waals surface area contributed by atoms with Crippen molar-refractivity contribution in [3.63, 3.8) is 0 Å². The molecule has 2 heterocycles. The molecule has 4 rings (SSSR count). The molecule has 5 nitrogen and oxygen atoms in total. The molecule has 0 amide bonds. The summed E-state index contributed by atoms with van der Waals surface area (Å²) in [5, 5.41) is 0. The summed E-state index contributed by atoms with van der Waals surface area (Å²) in [6.07, 6.45) is 7.38. The zero-order valence-corrected chi connectivity index (χ0v) is 18.1. The minimum absolute atomic E-state index is 0.689. The Balaban J connectivity index is 1.37. The number of aromatic nitrogens is 2. The molecule has 0 N–H and O–H groups in total. The van der Waals surface area contributed by atoms with E-state index in [1.54, 1.807) is 7.11 Å². The number of fused-ring (bicyclic) bond motifs is 1. The Morgan fingerprint density at radius 1 is 0.867 bits per heavy atom. The fourth-order valence-corrected chi connectivity index (χ4v) is 4.28. The minimum atomic E-state index is 0.689. The normalized spacial score (nSPS) is 15.2. The molecule has 2 aromatic carbocycles. The first-order valence-corrected chi connectivity index (χ1v) is 11.3. The molecule has 1 aliphatic rings. The summed E-state index contributed by atoms with van der Waals surface area (Å²) in [5.41, 5.74) is 2.35. The van der Waals surface area contributed by atoms with Crippen LogP contribution in [0.4, 0.5) is 0 Å². The second-order valence-corrected chi connectivity index (χ2v) is 8.07. The monoisotopic (exact) mass is 407 g/mol. The summed E-state index contributed by atoms with van der Waals surface area (Å²) in [4.78, 5) is 7.56. The first-order valence-electron chi connectivity index (χ1n) is 11.3. The summed E-state index contributed by atoms with van der Waals surface area (Å²) >= 11 is 0. The largest absolute Gasteiger partial charge is 0.493 e. The van der Waals surface area contributed by atoms with Gasteiger partial charge in [-0.25, -0.2) is 4.98 Å². The molecule has 1 aromatic heterocycles. The summed E-state index contributed by atoms with van der Waals surface area (Å²) in [7, 11) is 1.68. The number of hydrogen-bond acceptors (Lipinski definition) is 4. The predicted octanol–water partition coefficient (Wildman–Crippen LogP) is 5.28. The third-order valence-electron chi connectivity index (χ3n) is 5.90. The number of unbranched alkanes of at least 4 members (excludes halogenated alkanes) is 1. The highest BCUT2D eigenvalue weighted by Crippen LogP contribution is 2.26. The lowest BCUT2D eigenvalue weighted by Crippen LogP contribution is -2.26. The van der Waals surface area contributed by atoms with Crippen molar-refractivity contribution in [1.82, 2.24) is 14.5 Å². The van der Waals surface area contributed by atoms with Crippen LogP contribution in [0.5, 0.6) is 11.5 Å². The van der Waals surface area contributed by atoms with Gasteiger partial charge in [0.2, 0.25) is 0 Å². The quantitative estimate of drug-likeness (QED) is 0.453. The van der Waals surface area contributed by atoms with E-state index in [4.69, 9.17) is 14.5 Å². The van der Waals surface area contributed by atoms with E-state index in [-0.39, 0.29) is 0 Å². The lowest BCUT2D eigenvalue weighted by atomic mass is 10.2. The molecule has 30 heavy (non-hydrogen) atoms. The van der Waals surface area contributed by atoms with E-state index < -0.39 is 0 Å². The number of nitrogens with zero attached hydrogens (tertiary/aromatic N) is 3. The van der Waals surface area contributed by atoms with Crippen molar-refractivity contribution < 1.29 is 9.47 Å². The van der Waals surface area contributed by atoms with Crippen molar-refractivity contribution in [1.29, 1.82) is 0 Å². The van der Waals surface area contributed by atoms with Gasteiger partial charge in [0, 0.05) is 6.54 Å². The van der Waals surface area contributed by atoms with Gasteiger partial charge in [-0.1, -0.05) is 37.1 Å². The van der Waals surface area contributed by atoms with E-state index >= 15 is 0 Å². The number of benzene rings is 2. The second kappa shape index (κ2) is 10.5. The molecular weight excluding hydrogens is 374 g/mol. The van der Waals surface area contributed by atoms with E-state index in [1.807, 2.05) is 24.3 Å². The number of likely N-dealkylation sites (tertiary alicyclic amines) is 1. The maximum absolute atomic E-state index is 5.94. The number of imidazole rings is 1. The number of rotatable bonds is 9. The third kappa shape index (κ3) is 5.14. The van der Waals surface area contributed by atoms with Crippen molar-refractivity contribution >= 4 is 11.0 Å². The first-order chi connectivity index (χ1) is 14.8. The maximum atomic E-state index is 5.94. The zero-order valence-electron chi connectivity index (χ0n) is 18.1. The SMILES string of the molecule is COc1ccccc1OCCCCn1c(CN2CCCCCC2)nc2ccccc21. The van der Waals surface area contributed by atoms with Crippen molar-refractivity contribution in [2.75, 3.05) is 26.8 Å². The van der Waals surface area contributed by atoms with E-state index in [2.05, 4.69) is 33.7 Å². The lowest BCUT2D eigenvalue weighted by Gasteiger charge is -2.20. The second-order valence-electron chi connectivity index (χ2n) is 8.07. The van der Waals surface area contributed by atoms with Crippen LogP contribution in [0.2, 0.25) is 0 Å². The Labute approximate surface area is 179 Å². The molecule has 0 atom stereocenters. The van der Waals surface area contributed by atoms with Gasteiger partial charge in [0.05, 0.1) is 31.3 Å². The minimum Gasteiger partial charge on any atom is -0.493 e. The maximum Gasteiger partial charge on any atom is 0.161 e. The summed E-state index contributed by atoms with van der Waals surface area (Å²) in [5.74, 6) is 2.80. The van der Waals surface area contributed by atoms with Crippen molar-refractivity contribution in [2.45, 2.75) is 51.6 Å². The summed E-state index contributed by atoms with van der Waals surface area (Å²) < 4.78 is 13.7. The van der Waals surface area contributed by atoms with Crippen LogP contribution in [-0.4, -0.2) is 41.3 Å². The number of aryl methyl sites for hydroxylation is 1. The number of hydrogen-bond donors (Lipinski definition) is 0. The van der Waals surface area contributed by atoms with Crippen LogP contribution in [0.15, 0.2) is 48.5 Å². The summed E-state index contributed by atoms with van der Waals surface area (Å²) in [6, 6.07) is 16.3. The smallest absolute Gasteiger partial charge is 0.161 e. The van der Waals surface area contributed by atoms with Gasteiger partial charge < -0.3 is 14.0 Å². The van der Waals surface area contributed by atoms with Crippen LogP contribution >= 0.6 is 0 Å². The summed E-state index contributed by atoms with van der Waals surface area (Å²) in [6.45, 7) is 4.99. The lowest BCUT2D eigenvalue weighted by molar-refractivity contribution is 0.264. The van der Waals surface area contributed by atoms with E-state index in [1.165, 1.54) is 50.1 Å². The molecule has 1 aliphatic heterocycles. The molecule has 0 spiro atoms. The van der Waals surface area contributed by atoms with Gasteiger partial charge in [-0.2, -0.15) is 0 Å². The molecule has 0 bridgehead atoms. The molecule has 3 aromatic rings. The van der Waals surface area contributed by atoms with E-state index in [0.29, 0.717) is 6.61 Å². The Morgan fingerprint density at radius 2 is 1.60 bits per heavy atom. The van der Waals surface area contributed by atoms with Crippen LogP contribution in [-0.2, 0) is 13.1 Å². The van der Waals surface area contributed by atoms with E-state index in [9.17, 15) is 0 Å². The van der Waals surface area contributed by atoms with E-state index in [0.717, 1.165) is 42.9 Å². The highest BCUT2D eigenvalue weighted by Gasteiger charge is 2.15. The topological polar surface area (TPSA) is 39.5 Å². The average Bonchev–Trinajstić information content (AvgIpc) is 2.93. The highest BCUT2D eigenvalue weighted by molar-refractivity contribution is 5.75. The van der Waals surface area contributed by atoms with Gasteiger partial charge in [0.1, 0.15) is 5.82 Å². The molecule has 0 saturated carbocycles. The Morgan fingerprint density at radius 3 is 2.40 bits per heavy atom.